The van der Waals surface area contributed by atoms with Crippen molar-refractivity contribution >= 4 is 17.5 Å². The van der Waals surface area contributed by atoms with Crippen LogP contribution in [-0.4, -0.2) is 30.4 Å². The van der Waals surface area contributed by atoms with Gasteiger partial charge in [0.25, 0.3) is 11.8 Å². The van der Waals surface area contributed by atoms with E-state index < -0.39 is 5.91 Å². The van der Waals surface area contributed by atoms with Crippen LogP contribution in [0.3, 0.4) is 0 Å². The molecule has 0 bridgehead atoms. The van der Waals surface area contributed by atoms with Crippen LogP contribution in [0.25, 0.3) is 0 Å². The molecule has 0 aliphatic carbocycles. The number of primary amides is 1. The smallest absolute Gasteiger partial charge is 0.257 e. The summed E-state index contributed by atoms with van der Waals surface area (Å²) in [7, 11) is 1.76. The third-order valence-corrected chi connectivity index (χ3v) is 3.73. The number of amides is 2. The SMILES string of the molecule is CN1C(=O)c2ccccc2N[C@@H]1c1ccc(OCC(N)=O)cc1. The third kappa shape index (κ3) is 2.96. The van der Waals surface area contributed by atoms with Crippen molar-refractivity contribution in [2.24, 2.45) is 5.73 Å². The Morgan fingerprint density at radius 1 is 1.22 bits per heavy atom. The molecule has 0 radical (unpaired) electrons. The summed E-state index contributed by atoms with van der Waals surface area (Å²) in [5, 5.41) is 3.35. The molecule has 3 rings (SSSR count). The van der Waals surface area contributed by atoms with Gasteiger partial charge in [-0.3, -0.25) is 9.59 Å². The molecule has 0 unspecified atom stereocenters. The van der Waals surface area contributed by atoms with E-state index in [9.17, 15) is 9.59 Å². The van der Waals surface area contributed by atoms with E-state index in [4.69, 9.17) is 10.5 Å². The summed E-state index contributed by atoms with van der Waals surface area (Å²) in [6, 6.07) is 14.6. The van der Waals surface area contributed by atoms with E-state index in [0.29, 0.717) is 11.3 Å². The van der Waals surface area contributed by atoms with E-state index in [2.05, 4.69) is 5.32 Å². The molecule has 2 amide bonds. The maximum absolute atomic E-state index is 12.5. The molecule has 1 atom stereocenters. The number of para-hydroxylation sites is 1. The molecular formula is C17H17N3O3. The van der Waals surface area contributed by atoms with Crippen molar-refractivity contribution in [1.82, 2.24) is 4.90 Å². The van der Waals surface area contributed by atoms with Crippen molar-refractivity contribution in [3.05, 3.63) is 59.7 Å². The predicted octanol–water partition coefficient (Wildman–Crippen LogP) is 1.75. The number of anilines is 1. The highest BCUT2D eigenvalue weighted by atomic mass is 16.5. The first kappa shape index (κ1) is 14.9. The van der Waals surface area contributed by atoms with Crippen LogP contribution < -0.4 is 15.8 Å². The Labute approximate surface area is 133 Å². The molecule has 6 nitrogen and oxygen atoms in total. The van der Waals surface area contributed by atoms with Gasteiger partial charge in [0, 0.05) is 12.7 Å². The molecule has 0 spiro atoms. The number of benzene rings is 2. The second-order valence-electron chi connectivity index (χ2n) is 5.33. The Bertz CT molecular complexity index is 743. The van der Waals surface area contributed by atoms with Gasteiger partial charge in [0.2, 0.25) is 0 Å². The van der Waals surface area contributed by atoms with Crippen LogP contribution in [0.4, 0.5) is 5.69 Å². The van der Waals surface area contributed by atoms with Gasteiger partial charge < -0.3 is 20.7 Å². The molecule has 1 aliphatic heterocycles. The summed E-state index contributed by atoms with van der Waals surface area (Å²) in [6.45, 7) is -0.160. The second kappa shape index (κ2) is 6.00. The van der Waals surface area contributed by atoms with Crippen LogP contribution in [0.2, 0.25) is 0 Å². The second-order valence-corrected chi connectivity index (χ2v) is 5.33. The monoisotopic (exact) mass is 311 g/mol. The lowest BCUT2D eigenvalue weighted by Crippen LogP contribution is -2.40. The first-order chi connectivity index (χ1) is 11.1. The first-order valence-corrected chi connectivity index (χ1v) is 7.20. The van der Waals surface area contributed by atoms with Gasteiger partial charge in [-0.25, -0.2) is 0 Å². The molecule has 0 saturated carbocycles. The molecule has 118 valence electrons. The summed E-state index contributed by atoms with van der Waals surface area (Å²) in [5.41, 5.74) is 7.44. The van der Waals surface area contributed by atoms with Gasteiger partial charge in [-0.1, -0.05) is 24.3 Å². The molecule has 6 heteroatoms. The van der Waals surface area contributed by atoms with Gasteiger partial charge in [-0.05, 0) is 29.8 Å². The van der Waals surface area contributed by atoms with E-state index in [0.717, 1.165) is 11.3 Å². The average molecular weight is 311 g/mol. The average Bonchev–Trinajstić information content (AvgIpc) is 2.57. The number of fused-ring (bicyclic) bond motifs is 1. The lowest BCUT2D eigenvalue weighted by molar-refractivity contribution is -0.119. The highest BCUT2D eigenvalue weighted by molar-refractivity contribution is 6.01. The normalized spacial score (nSPS) is 16.5. The largest absolute Gasteiger partial charge is 0.484 e. The van der Waals surface area contributed by atoms with E-state index >= 15 is 0 Å². The number of hydrogen-bond donors (Lipinski definition) is 2. The highest BCUT2D eigenvalue weighted by Crippen LogP contribution is 2.32. The van der Waals surface area contributed by atoms with Crippen LogP contribution in [0.5, 0.6) is 5.75 Å². The molecule has 0 fully saturated rings. The van der Waals surface area contributed by atoms with E-state index in [1.807, 2.05) is 30.3 Å². The zero-order chi connectivity index (χ0) is 16.4. The number of hydrogen-bond acceptors (Lipinski definition) is 4. The molecule has 1 aliphatic rings. The zero-order valence-corrected chi connectivity index (χ0v) is 12.7. The maximum Gasteiger partial charge on any atom is 0.257 e. The summed E-state index contributed by atoms with van der Waals surface area (Å²) in [6.07, 6.45) is -0.261. The fourth-order valence-corrected chi connectivity index (χ4v) is 2.55. The zero-order valence-electron chi connectivity index (χ0n) is 12.7. The summed E-state index contributed by atoms with van der Waals surface area (Å²) >= 11 is 0. The quantitative estimate of drug-likeness (QED) is 0.901. The van der Waals surface area contributed by atoms with Crippen molar-refractivity contribution in [2.45, 2.75) is 6.17 Å². The van der Waals surface area contributed by atoms with E-state index in [-0.39, 0.29) is 18.7 Å². The number of carbonyl (C=O) groups excluding carboxylic acids is 2. The van der Waals surface area contributed by atoms with Crippen LogP contribution in [0.15, 0.2) is 48.5 Å². The Kier molecular flexibility index (Phi) is 3.89. The summed E-state index contributed by atoms with van der Waals surface area (Å²) in [5.74, 6) is 0.00102. The van der Waals surface area contributed by atoms with Crippen molar-refractivity contribution < 1.29 is 14.3 Å². The number of ether oxygens (including phenoxy) is 1. The topological polar surface area (TPSA) is 84.7 Å². The Morgan fingerprint density at radius 3 is 2.61 bits per heavy atom. The van der Waals surface area contributed by atoms with Crippen molar-refractivity contribution in [2.75, 3.05) is 19.0 Å². The van der Waals surface area contributed by atoms with Crippen LogP contribution in [-0.2, 0) is 4.79 Å². The Hall–Kier alpha value is -3.02. The van der Waals surface area contributed by atoms with Gasteiger partial charge >= 0.3 is 0 Å². The molecule has 2 aromatic carbocycles. The van der Waals surface area contributed by atoms with Gasteiger partial charge in [0.1, 0.15) is 11.9 Å². The van der Waals surface area contributed by atoms with Crippen molar-refractivity contribution in [3.63, 3.8) is 0 Å². The fourth-order valence-electron chi connectivity index (χ4n) is 2.55. The summed E-state index contributed by atoms with van der Waals surface area (Å²) in [4.78, 5) is 24.8. The van der Waals surface area contributed by atoms with E-state index in [1.165, 1.54) is 0 Å². The third-order valence-electron chi connectivity index (χ3n) is 3.73. The van der Waals surface area contributed by atoms with Crippen LogP contribution in [0.1, 0.15) is 22.1 Å². The maximum atomic E-state index is 12.5. The van der Waals surface area contributed by atoms with Gasteiger partial charge in [-0.15, -0.1) is 0 Å². The molecule has 2 aromatic rings. The number of rotatable bonds is 4. The molecule has 0 aromatic heterocycles. The number of nitrogens with two attached hydrogens (primary N) is 1. The first-order valence-electron chi connectivity index (χ1n) is 7.20. The molecule has 23 heavy (non-hydrogen) atoms. The Balaban J connectivity index is 1.82. The molecule has 3 N–H and O–H groups in total. The Morgan fingerprint density at radius 2 is 1.91 bits per heavy atom. The highest BCUT2D eigenvalue weighted by Gasteiger charge is 2.29. The van der Waals surface area contributed by atoms with Gasteiger partial charge in [-0.2, -0.15) is 0 Å². The summed E-state index contributed by atoms with van der Waals surface area (Å²) < 4.78 is 5.24. The minimum absolute atomic E-state index is 0.0293. The lowest BCUT2D eigenvalue weighted by Gasteiger charge is -2.35. The molecular weight excluding hydrogens is 294 g/mol. The molecule has 1 heterocycles. The van der Waals surface area contributed by atoms with Crippen molar-refractivity contribution in [3.8, 4) is 5.75 Å². The van der Waals surface area contributed by atoms with Crippen LogP contribution >= 0.6 is 0 Å². The van der Waals surface area contributed by atoms with Crippen LogP contribution in [0, 0.1) is 0 Å². The lowest BCUT2D eigenvalue weighted by atomic mass is 10.0. The van der Waals surface area contributed by atoms with Gasteiger partial charge in [0.05, 0.1) is 5.56 Å². The molecule has 0 saturated heterocycles. The standard InChI is InChI=1S/C17H17N3O3/c1-20-16(19-14-5-3-2-4-13(14)17(20)22)11-6-8-12(9-7-11)23-10-15(18)21/h2-9,16,19H,10H2,1H3,(H2,18,21)/t16-/m0/s1. The number of nitrogens with one attached hydrogen (secondary N) is 1. The van der Waals surface area contributed by atoms with Gasteiger partial charge in [0.15, 0.2) is 6.61 Å². The number of carbonyl (C=O) groups is 2. The number of nitrogens with zero attached hydrogens (tertiary/aromatic N) is 1. The van der Waals surface area contributed by atoms with Crippen molar-refractivity contribution in [1.29, 1.82) is 0 Å². The fraction of sp³-hybridized carbons (Fsp3) is 0.176. The minimum atomic E-state index is -0.523. The predicted molar refractivity (Wildman–Crippen MR) is 86.0 cm³/mol. The van der Waals surface area contributed by atoms with E-state index in [1.54, 1.807) is 30.1 Å². The minimum Gasteiger partial charge on any atom is -0.484 e.